The molecule has 31 heavy (non-hydrogen) atoms. The molecule has 0 spiro atoms. The number of anilines is 1. The summed E-state index contributed by atoms with van der Waals surface area (Å²) < 4.78 is 1.84. The molecule has 5 nitrogen and oxygen atoms in total. The van der Waals surface area contributed by atoms with Crippen molar-refractivity contribution in [1.82, 2.24) is 4.57 Å². The van der Waals surface area contributed by atoms with E-state index in [2.05, 4.69) is 28.5 Å². The molecule has 1 heterocycles. The van der Waals surface area contributed by atoms with Crippen LogP contribution in [-0.4, -0.2) is 14.8 Å². The van der Waals surface area contributed by atoms with E-state index in [1.54, 1.807) is 0 Å². The summed E-state index contributed by atoms with van der Waals surface area (Å²) in [6.45, 7) is 4.67. The molecule has 0 amide bonds. The molecule has 4 rings (SSSR count). The summed E-state index contributed by atoms with van der Waals surface area (Å²) in [5, 5.41) is 23.8. The zero-order valence-corrected chi connectivity index (χ0v) is 18.4. The first-order valence-electron chi connectivity index (χ1n) is 10.2. The van der Waals surface area contributed by atoms with Crippen molar-refractivity contribution in [2.24, 2.45) is 10.2 Å². The van der Waals surface area contributed by atoms with Crippen LogP contribution in [0.25, 0.3) is 10.9 Å². The molecule has 0 atom stereocenters. The zero-order chi connectivity index (χ0) is 21.8. The van der Waals surface area contributed by atoms with Gasteiger partial charge in [0.25, 0.3) is 0 Å². The Hall–Kier alpha value is -3.51. The van der Waals surface area contributed by atoms with Crippen LogP contribution < -0.4 is 5.32 Å². The summed E-state index contributed by atoms with van der Waals surface area (Å²) in [6.07, 6.45) is 0.886. The average molecular weight is 429 g/mol. The maximum absolute atomic E-state index is 10.9. The minimum atomic E-state index is 0.0711. The molecule has 1 aromatic heterocycles. The van der Waals surface area contributed by atoms with Crippen molar-refractivity contribution in [2.75, 3.05) is 5.32 Å². The lowest BCUT2D eigenvalue weighted by Gasteiger charge is -2.12. The number of azo groups is 1. The fourth-order valence-electron chi connectivity index (χ4n) is 3.73. The SMILES string of the molecule is CCc1cccc(C)c1NC(=S)N=Nc1c(O)n(Cc2ccccc2)c2ccccc12. The Morgan fingerprint density at radius 1 is 1.00 bits per heavy atom. The minimum Gasteiger partial charge on any atom is -0.493 e. The van der Waals surface area contributed by atoms with Gasteiger partial charge in [0.15, 0.2) is 5.69 Å². The number of nitrogens with one attached hydrogen (secondary N) is 1. The summed E-state index contributed by atoms with van der Waals surface area (Å²) >= 11 is 5.42. The van der Waals surface area contributed by atoms with Gasteiger partial charge in [-0.15, -0.1) is 10.2 Å². The maximum atomic E-state index is 10.9. The van der Waals surface area contributed by atoms with E-state index >= 15 is 0 Å². The maximum Gasteiger partial charge on any atom is 0.221 e. The first kappa shape index (κ1) is 20.8. The fourth-order valence-corrected chi connectivity index (χ4v) is 3.87. The van der Waals surface area contributed by atoms with Crippen LogP contribution in [0.4, 0.5) is 11.4 Å². The molecule has 2 N–H and O–H groups in total. The third-order valence-corrected chi connectivity index (χ3v) is 5.50. The van der Waals surface area contributed by atoms with Gasteiger partial charge in [0.1, 0.15) is 0 Å². The number of hydrogen-bond donors (Lipinski definition) is 2. The molecule has 0 saturated heterocycles. The number of aryl methyl sites for hydroxylation is 2. The van der Waals surface area contributed by atoms with Gasteiger partial charge in [0, 0.05) is 11.1 Å². The highest BCUT2D eigenvalue weighted by atomic mass is 32.1. The molecule has 0 aliphatic heterocycles. The first-order valence-corrected chi connectivity index (χ1v) is 10.6. The van der Waals surface area contributed by atoms with Crippen LogP contribution in [0.5, 0.6) is 5.88 Å². The van der Waals surface area contributed by atoms with Crippen molar-refractivity contribution in [1.29, 1.82) is 0 Å². The third kappa shape index (κ3) is 4.34. The smallest absolute Gasteiger partial charge is 0.221 e. The molecule has 0 saturated carbocycles. The predicted molar refractivity (Wildman–Crippen MR) is 130 cm³/mol. The van der Waals surface area contributed by atoms with Gasteiger partial charge in [-0.2, -0.15) is 0 Å². The van der Waals surface area contributed by atoms with E-state index in [4.69, 9.17) is 12.2 Å². The topological polar surface area (TPSA) is 61.9 Å². The Labute approximate surface area is 187 Å². The Morgan fingerprint density at radius 3 is 2.52 bits per heavy atom. The Bertz CT molecular complexity index is 1260. The quantitative estimate of drug-likeness (QED) is 0.273. The lowest BCUT2D eigenvalue weighted by Crippen LogP contribution is -2.08. The van der Waals surface area contributed by atoms with Crippen LogP contribution >= 0.6 is 12.2 Å². The Morgan fingerprint density at radius 2 is 1.74 bits per heavy atom. The number of thiocarbonyl (C=S) groups is 1. The highest BCUT2D eigenvalue weighted by Gasteiger charge is 2.17. The number of nitrogens with zero attached hydrogens (tertiary/aromatic N) is 3. The first-order chi connectivity index (χ1) is 15.1. The van der Waals surface area contributed by atoms with Crippen molar-refractivity contribution in [2.45, 2.75) is 26.8 Å². The normalized spacial score (nSPS) is 11.3. The number of benzene rings is 3. The van der Waals surface area contributed by atoms with Gasteiger partial charge in [0.05, 0.1) is 12.1 Å². The average Bonchev–Trinajstić information content (AvgIpc) is 3.05. The van der Waals surface area contributed by atoms with Gasteiger partial charge in [-0.25, -0.2) is 0 Å². The van der Waals surface area contributed by atoms with E-state index in [9.17, 15) is 5.11 Å². The van der Waals surface area contributed by atoms with Crippen LogP contribution in [0.1, 0.15) is 23.6 Å². The molecule has 0 radical (unpaired) electrons. The molecule has 0 unspecified atom stereocenters. The van der Waals surface area contributed by atoms with Gasteiger partial charge in [-0.05, 0) is 48.3 Å². The Kier molecular flexibility index (Phi) is 6.09. The summed E-state index contributed by atoms with van der Waals surface area (Å²) in [7, 11) is 0. The lowest BCUT2D eigenvalue weighted by molar-refractivity contribution is 0.429. The zero-order valence-electron chi connectivity index (χ0n) is 17.5. The molecular weight excluding hydrogens is 404 g/mol. The lowest BCUT2D eigenvalue weighted by atomic mass is 10.1. The standard InChI is InChI=1S/C25H24N4OS/c1-3-19-13-9-10-17(2)22(19)26-25(31)28-27-23-20-14-7-8-15-21(20)29(24(23)30)16-18-11-5-4-6-12-18/h4-15,30H,3,16H2,1-2H3,(H,26,31). The number of rotatable bonds is 5. The monoisotopic (exact) mass is 428 g/mol. The molecule has 0 fully saturated rings. The van der Waals surface area contributed by atoms with E-state index in [0.717, 1.165) is 34.1 Å². The van der Waals surface area contributed by atoms with E-state index in [0.29, 0.717) is 12.2 Å². The summed E-state index contributed by atoms with van der Waals surface area (Å²) in [6, 6.07) is 23.9. The molecule has 0 aliphatic carbocycles. The Balaban J connectivity index is 1.65. The summed E-state index contributed by atoms with van der Waals surface area (Å²) in [5.41, 5.74) is 5.62. The number of aromatic hydroxyl groups is 1. The van der Waals surface area contributed by atoms with Crippen molar-refractivity contribution >= 4 is 39.6 Å². The molecule has 0 aliphatic rings. The van der Waals surface area contributed by atoms with Gasteiger partial charge < -0.3 is 15.0 Å². The number of para-hydroxylation sites is 2. The van der Waals surface area contributed by atoms with Crippen LogP contribution in [0.2, 0.25) is 0 Å². The summed E-state index contributed by atoms with van der Waals surface area (Å²) in [4.78, 5) is 0. The largest absolute Gasteiger partial charge is 0.493 e. The van der Waals surface area contributed by atoms with Crippen LogP contribution in [0.15, 0.2) is 83.0 Å². The molecule has 0 bridgehead atoms. The van der Waals surface area contributed by atoms with Gasteiger partial charge in [-0.3, -0.25) is 0 Å². The van der Waals surface area contributed by atoms with Crippen LogP contribution in [0.3, 0.4) is 0 Å². The third-order valence-electron chi connectivity index (χ3n) is 5.31. The number of hydrogen-bond acceptors (Lipinski definition) is 3. The second-order valence-electron chi connectivity index (χ2n) is 7.35. The van der Waals surface area contributed by atoms with Gasteiger partial charge in [0.2, 0.25) is 11.0 Å². The summed E-state index contributed by atoms with van der Waals surface area (Å²) in [5.74, 6) is 0.0711. The van der Waals surface area contributed by atoms with Gasteiger partial charge >= 0.3 is 0 Å². The number of aromatic nitrogens is 1. The highest BCUT2D eigenvalue weighted by Crippen LogP contribution is 2.39. The highest BCUT2D eigenvalue weighted by molar-refractivity contribution is 7.80. The minimum absolute atomic E-state index is 0.0711. The van der Waals surface area contributed by atoms with Crippen molar-refractivity contribution in [3.05, 3.63) is 89.5 Å². The van der Waals surface area contributed by atoms with E-state index < -0.39 is 0 Å². The van der Waals surface area contributed by atoms with Crippen molar-refractivity contribution in [3.63, 3.8) is 0 Å². The van der Waals surface area contributed by atoms with Crippen molar-refractivity contribution < 1.29 is 5.11 Å². The van der Waals surface area contributed by atoms with E-state index in [1.165, 1.54) is 5.56 Å². The molecule has 3 aromatic carbocycles. The number of fused-ring (bicyclic) bond motifs is 1. The van der Waals surface area contributed by atoms with E-state index in [-0.39, 0.29) is 11.0 Å². The second kappa shape index (κ2) is 9.10. The predicted octanol–water partition coefficient (Wildman–Crippen LogP) is 6.75. The molecular formula is C25H24N4OS. The molecule has 156 valence electrons. The van der Waals surface area contributed by atoms with Gasteiger partial charge in [-0.1, -0.05) is 73.7 Å². The van der Waals surface area contributed by atoms with Crippen LogP contribution in [-0.2, 0) is 13.0 Å². The molecule has 6 heteroatoms. The second-order valence-corrected chi connectivity index (χ2v) is 7.74. The molecule has 4 aromatic rings. The fraction of sp³-hybridized carbons (Fsp3) is 0.160. The van der Waals surface area contributed by atoms with Crippen molar-refractivity contribution in [3.8, 4) is 5.88 Å². The van der Waals surface area contributed by atoms with E-state index in [1.807, 2.05) is 78.2 Å². The van der Waals surface area contributed by atoms with Crippen LogP contribution in [0, 0.1) is 6.92 Å².